The molecule has 0 aromatic heterocycles. The van der Waals surface area contributed by atoms with Crippen molar-refractivity contribution < 1.29 is 6.16 Å². The minimum Gasteiger partial charge on any atom is -0.382 e. The molecular formula is C8H17OSi+. The monoisotopic (exact) mass is 157 g/mol. The van der Waals surface area contributed by atoms with Crippen molar-refractivity contribution in [3.05, 3.63) is 12.3 Å². The van der Waals surface area contributed by atoms with Crippen LogP contribution in [0, 0.1) is 0 Å². The lowest BCUT2D eigenvalue weighted by molar-refractivity contribution is 0.0637. The Balaban J connectivity index is 0.000001000. The van der Waals surface area contributed by atoms with Crippen molar-refractivity contribution in [3.8, 4) is 0 Å². The third kappa shape index (κ3) is 1.96. The van der Waals surface area contributed by atoms with Crippen molar-refractivity contribution in [2.75, 3.05) is 6.61 Å². The molecule has 0 spiro atoms. The molecule has 0 bridgehead atoms. The molecule has 1 saturated heterocycles. The molecular weight excluding hydrogens is 140 g/mol. The van der Waals surface area contributed by atoms with E-state index in [1.54, 1.807) is 0 Å². The number of hydrogen-bond acceptors (Lipinski definition) is 1. The van der Waals surface area contributed by atoms with Gasteiger partial charge in [0.1, 0.15) is 0 Å². The molecule has 10 heavy (non-hydrogen) atoms. The second-order valence-corrected chi connectivity index (χ2v) is 5.93. The molecule has 2 atom stereocenters. The number of ether oxygens (including phenoxy) is 1. The van der Waals surface area contributed by atoms with Crippen LogP contribution in [0.3, 0.4) is 0 Å². The summed E-state index contributed by atoms with van der Waals surface area (Å²) in [6.45, 7) is 7.11. The lowest BCUT2D eigenvalue weighted by atomic mass is 10.2. The zero-order valence-corrected chi connectivity index (χ0v) is 7.83. The molecule has 0 radical (unpaired) electrons. The highest BCUT2D eigenvalue weighted by molar-refractivity contribution is 6.64. The third-order valence-corrected chi connectivity index (χ3v) is 4.62. The van der Waals surface area contributed by atoms with Gasteiger partial charge in [-0.3, -0.25) is 0 Å². The Morgan fingerprint density at radius 2 is 2.50 bits per heavy atom. The van der Waals surface area contributed by atoms with Crippen LogP contribution in [0.4, 0.5) is 0 Å². The molecule has 0 aromatic carbocycles. The highest BCUT2D eigenvalue weighted by Crippen LogP contribution is 2.15. The number of rotatable bonds is 2. The van der Waals surface area contributed by atoms with Crippen molar-refractivity contribution in [1.29, 1.82) is 0 Å². The minimum atomic E-state index is -0.721. The Morgan fingerprint density at radius 1 is 1.70 bits per heavy atom. The molecule has 0 saturated carbocycles. The Labute approximate surface area is 66.2 Å². The van der Waals surface area contributed by atoms with E-state index in [9.17, 15) is 0 Å². The maximum atomic E-state index is 5.62. The van der Waals surface area contributed by atoms with Crippen LogP contribution in [0.2, 0.25) is 6.55 Å². The quantitative estimate of drug-likeness (QED) is 0.555. The van der Waals surface area contributed by atoms with E-state index >= 15 is 0 Å². The molecule has 0 amide bonds. The highest BCUT2D eigenvalue weighted by Gasteiger charge is 2.18. The van der Waals surface area contributed by atoms with Crippen LogP contribution in [-0.2, 0) is 4.74 Å². The van der Waals surface area contributed by atoms with E-state index in [-0.39, 0.29) is 1.43 Å². The van der Waals surface area contributed by atoms with Gasteiger partial charge in [-0.05, 0) is 19.3 Å². The van der Waals surface area contributed by atoms with Gasteiger partial charge in [-0.2, -0.15) is 0 Å². The highest BCUT2D eigenvalue weighted by atomic mass is 28.3. The molecule has 1 aliphatic rings. The average molecular weight is 157 g/mol. The summed E-state index contributed by atoms with van der Waals surface area (Å²) in [5, 5.41) is 0. The molecule has 2 heteroatoms. The average Bonchev–Trinajstić information content (AvgIpc) is 2.05. The zero-order valence-electron chi connectivity index (χ0n) is 7.68. The predicted molar refractivity (Wildman–Crippen MR) is 47.9 cm³/mol. The Bertz CT molecular complexity index is 113. The van der Waals surface area contributed by atoms with E-state index in [0.717, 1.165) is 6.61 Å². The summed E-state index contributed by atoms with van der Waals surface area (Å²) in [6.07, 6.45) is 3.89. The first kappa shape index (κ1) is 8.02. The summed E-state index contributed by atoms with van der Waals surface area (Å²) in [5.41, 5.74) is 2.71. The second-order valence-electron chi connectivity index (χ2n) is 3.00. The largest absolute Gasteiger partial charge is 1.00 e. The first-order chi connectivity index (χ1) is 4.84. The molecule has 0 aromatic rings. The third-order valence-electron chi connectivity index (χ3n) is 2.17. The molecule has 1 nitrogen and oxygen atoms in total. The van der Waals surface area contributed by atoms with Gasteiger partial charge in [-0.15, -0.1) is 12.3 Å². The molecule has 58 valence electrons. The van der Waals surface area contributed by atoms with Gasteiger partial charge in [0, 0.05) is 12.3 Å². The van der Waals surface area contributed by atoms with Gasteiger partial charge in [0.15, 0.2) is 0 Å². The van der Waals surface area contributed by atoms with Gasteiger partial charge in [0.25, 0.3) is 0 Å². The molecule has 0 N–H and O–H groups in total. The fourth-order valence-electron chi connectivity index (χ4n) is 1.33. The smallest absolute Gasteiger partial charge is 0.382 e. The summed E-state index contributed by atoms with van der Waals surface area (Å²) >= 11 is 0. The first-order valence-electron chi connectivity index (χ1n) is 4.08. The van der Waals surface area contributed by atoms with E-state index in [1.807, 2.05) is 0 Å². The van der Waals surface area contributed by atoms with Crippen molar-refractivity contribution in [1.82, 2.24) is 0 Å². The molecule has 1 aliphatic heterocycles. The van der Waals surface area contributed by atoms with Crippen LogP contribution in [0.5, 0.6) is 0 Å². The van der Waals surface area contributed by atoms with Crippen molar-refractivity contribution in [3.63, 3.8) is 0 Å². The van der Waals surface area contributed by atoms with Crippen LogP contribution in [-0.4, -0.2) is 21.1 Å². The topological polar surface area (TPSA) is 9.23 Å². The van der Waals surface area contributed by atoms with Gasteiger partial charge in [0.05, 0.1) is 8.80 Å². The van der Waals surface area contributed by atoms with Crippen LogP contribution >= 0.6 is 0 Å². The molecule has 1 heterocycles. The minimum absolute atomic E-state index is 0. The van der Waals surface area contributed by atoms with E-state index in [2.05, 4.69) is 18.8 Å². The van der Waals surface area contributed by atoms with Crippen LogP contribution in [0.15, 0.2) is 12.3 Å². The van der Waals surface area contributed by atoms with Crippen LogP contribution < -0.4 is 0 Å². The maximum absolute atomic E-state index is 5.62. The van der Waals surface area contributed by atoms with E-state index in [4.69, 9.17) is 4.74 Å². The van der Waals surface area contributed by atoms with Gasteiger partial charge in [0.2, 0.25) is 0 Å². The number of hydrogen-bond donors (Lipinski definition) is 0. The van der Waals surface area contributed by atoms with E-state index in [0.29, 0.717) is 5.73 Å². The Morgan fingerprint density at radius 3 is 3.00 bits per heavy atom. The summed E-state index contributed by atoms with van der Waals surface area (Å²) in [6, 6.07) is 0. The summed E-state index contributed by atoms with van der Waals surface area (Å²) in [5.74, 6) is 0. The SMILES string of the molecule is C=C[SiH](C)C1CCCCO1.[H+]. The van der Waals surface area contributed by atoms with Crippen molar-refractivity contribution in [2.45, 2.75) is 31.5 Å². The second kappa shape index (κ2) is 3.94. The fourth-order valence-corrected chi connectivity index (χ4v) is 2.84. The van der Waals surface area contributed by atoms with Crippen molar-refractivity contribution in [2.24, 2.45) is 0 Å². The van der Waals surface area contributed by atoms with Gasteiger partial charge in [-0.25, -0.2) is 0 Å². The summed E-state index contributed by atoms with van der Waals surface area (Å²) in [4.78, 5) is 0. The van der Waals surface area contributed by atoms with Crippen LogP contribution in [0.25, 0.3) is 0 Å². The van der Waals surface area contributed by atoms with E-state index < -0.39 is 8.80 Å². The molecule has 2 unspecified atom stereocenters. The normalized spacial score (nSPS) is 29.5. The maximum Gasteiger partial charge on any atom is 1.00 e. The van der Waals surface area contributed by atoms with Crippen molar-refractivity contribution >= 4 is 8.80 Å². The molecule has 1 rings (SSSR count). The predicted octanol–water partition coefficient (Wildman–Crippen LogP) is 1.79. The van der Waals surface area contributed by atoms with Gasteiger partial charge >= 0.3 is 1.43 Å². The summed E-state index contributed by atoms with van der Waals surface area (Å²) in [7, 11) is -0.721. The molecule has 1 fully saturated rings. The van der Waals surface area contributed by atoms with Crippen LogP contribution in [0.1, 0.15) is 20.7 Å². The lowest BCUT2D eigenvalue weighted by Crippen LogP contribution is -2.32. The van der Waals surface area contributed by atoms with E-state index in [1.165, 1.54) is 19.3 Å². The standard InChI is InChI=1S/C8H16OSi/c1-3-10(2)8-6-4-5-7-9-8/h3,8,10H,1,4-7H2,2H3/p+1. The van der Waals surface area contributed by atoms with Gasteiger partial charge < -0.3 is 4.74 Å². The Kier molecular flexibility index (Phi) is 3.16. The Hall–Kier alpha value is -0.0831. The fraction of sp³-hybridized carbons (Fsp3) is 0.750. The van der Waals surface area contributed by atoms with Gasteiger partial charge in [-0.1, -0.05) is 6.55 Å². The molecule has 0 aliphatic carbocycles. The summed E-state index contributed by atoms with van der Waals surface area (Å²) < 4.78 is 5.62. The zero-order chi connectivity index (χ0) is 7.40. The lowest BCUT2D eigenvalue weighted by Gasteiger charge is -2.25. The first-order valence-corrected chi connectivity index (χ1v) is 6.57.